The van der Waals surface area contributed by atoms with Crippen LogP contribution in [-0.4, -0.2) is 47.2 Å². The number of rotatable bonds is 10. The standard InChI is InChI=1S/C20H26N2O5/c23-18-12-11-17(22(18)13-7-2-1-6-10-19(24)25)15-27-20(26)21-14-16-8-4-3-5-9-16/h2-5,7-9,17H,1,6,10-15H2,(H,21,26)(H,24,25). The van der Waals surface area contributed by atoms with Crippen molar-refractivity contribution in [1.29, 1.82) is 0 Å². The minimum Gasteiger partial charge on any atom is -0.481 e. The van der Waals surface area contributed by atoms with Crippen LogP contribution in [0.25, 0.3) is 0 Å². The summed E-state index contributed by atoms with van der Waals surface area (Å²) < 4.78 is 5.26. The van der Waals surface area contributed by atoms with Crippen LogP contribution in [0.4, 0.5) is 4.79 Å². The maximum absolute atomic E-state index is 12.0. The molecule has 2 N–H and O–H groups in total. The molecule has 2 rings (SSSR count). The van der Waals surface area contributed by atoms with E-state index in [9.17, 15) is 14.4 Å². The predicted molar refractivity (Wildman–Crippen MR) is 100.0 cm³/mol. The molecule has 0 spiro atoms. The Morgan fingerprint density at radius 3 is 2.78 bits per heavy atom. The van der Waals surface area contributed by atoms with Crippen LogP contribution >= 0.6 is 0 Å². The summed E-state index contributed by atoms with van der Waals surface area (Å²) in [5, 5.41) is 11.3. The molecule has 1 heterocycles. The second kappa shape index (κ2) is 11.0. The summed E-state index contributed by atoms with van der Waals surface area (Å²) >= 11 is 0. The molecule has 27 heavy (non-hydrogen) atoms. The van der Waals surface area contributed by atoms with Crippen LogP contribution in [0.3, 0.4) is 0 Å². The Morgan fingerprint density at radius 2 is 2.04 bits per heavy atom. The zero-order valence-corrected chi connectivity index (χ0v) is 15.3. The number of nitrogens with zero attached hydrogens (tertiary/aromatic N) is 1. The number of ether oxygens (including phenoxy) is 1. The molecule has 1 fully saturated rings. The van der Waals surface area contributed by atoms with Gasteiger partial charge in [-0.05, 0) is 24.8 Å². The summed E-state index contributed by atoms with van der Waals surface area (Å²) in [5.41, 5.74) is 0.986. The maximum Gasteiger partial charge on any atom is 0.407 e. The minimum atomic E-state index is -0.805. The number of allylic oxidation sites excluding steroid dienone is 1. The van der Waals surface area contributed by atoms with Crippen LogP contribution in [-0.2, 0) is 20.9 Å². The Bertz CT molecular complexity index is 660. The fourth-order valence-electron chi connectivity index (χ4n) is 2.89. The molecule has 0 aromatic heterocycles. The van der Waals surface area contributed by atoms with Crippen LogP contribution in [0.15, 0.2) is 42.5 Å². The fraction of sp³-hybridized carbons (Fsp3) is 0.450. The first kappa shape index (κ1) is 20.5. The molecule has 1 aromatic rings. The van der Waals surface area contributed by atoms with Gasteiger partial charge >= 0.3 is 12.1 Å². The largest absolute Gasteiger partial charge is 0.481 e. The van der Waals surface area contributed by atoms with Crippen molar-refractivity contribution in [2.45, 2.75) is 44.7 Å². The number of likely N-dealkylation sites (tertiary alicyclic amines) is 1. The van der Waals surface area contributed by atoms with Gasteiger partial charge in [0.25, 0.3) is 0 Å². The topological polar surface area (TPSA) is 95.9 Å². The lowest BCUT2D eigenvalue weighted by atomic mass is 10.2. The van der Waals surface area contributed by atoms with Gasteiger partial charge in [0.2, 0.25) is 5.91 Å². The van der Waals surface area contributed by atoms with Gasteiger partial charge in [-0.3, -0.25) is 9.59 Å². The summed E-state index contributed by atoms with van der Waals surface area (Å²) in [6, 6.07) is 9.43. The van der Waals surface area contributed by atoms with Gasteiger partial charge in [-0.1, -0.05) is 42.5 Å². The number of carbonyl (C=O) groups excluding carboxylic acids is 2. The number of carboxylic acid groups (broad SMARTS) is 1. The Hall–Kier alpha value is -2.83. The van der Waals surface area contributed by atoms with Crippen molar-refractivity contribution >= 4 is 18.0 Å². The molecule has 1 aromatic carbocycles. The Kier molecular flexibility index (Phi) is 8.35. The molecule has 2 amide bonds. The third-order valence-corrected chi connectivity index (χ3v) is 4.37. The van der Waals surface area contributed by atoms with E-state index in [-0.39, 0.29) is 25.0 Å². The summed E-state index contributed by atoms with van der Waals surface area (Å²) in [7, 11) is 0. The van der Waals surface area contributed by atoms with Crippen molar-refractivity contribution in [3.63, 3.8) is 0 Å². The molecule has 0 aliphatic carbocycles. The molecular formula is C20H26N2O5. The average Bonchev–Trinajstić information content (AvgIpc) is 3.01. The first-order valence-electron chi connectivity index (χ1n) is 9.17. The van der Waals surface area contributed by atoms with Crippen molar-refractivity contribution in [2.24, 2.45) is 0 Å². The summed E-state index contributed by atoms with van der Waals surface area (Å²) in [6.07, 6.45) is 5.76. The van der Waals surface area contributed by atoms with E-state index in [0.717, 1.165) is 5.56 Å². The normalized spacial score (nSPS) is 16.7. The number of benzene rings is 1. The van der Waals surface area contributed by atoms with E-state index in [1.807, 2.05) is 42.5 Å². The molecule has 1 aliphatic rings. The SMILES string of the molecule is O=C(O)CCCC=CCN1C(=O)CCC1COC(=O)NCc1ccccc1. The zero-order chi connectivity index (χ0) is 19.5. The summed E-state index contributed by atoms with van der Waals surface area (Å²) in [5.74, 6) is -0.760. The number of carboxylic acids is 1. The van der Waals surface area contributed by atoms with Crippen LogP contribution in [0.1, 0.15) is 37.7 Å². The van der Waals surface area contributed by atoms with Gasteiger partial charge in [-0.2, -0.15) is 0 Å². The second-order valence-electron chi connectivity index (χ2n) is 6.43. The molecule has 1 saturated heterocycles. The number of aliphatic carboxylic acids is 1. The summed E-state index contributed by atoms with van der Waals surface area (Å²) in [4.78, 5) is 36.0. The smallest absolute Gasteiger partial charge is 0.407 e. The number of carbonyl (C=O) groups is 3. The van der Waals surface area contributed by atoms with Crippen molar-refractivity contribution in [2.75, 3.05) is 13.2 Å². The van der Waals surface area contributed by atoms with Crippen molar-refractivity contribution < 1.29 is 24.2 Å². The van der Waals surface area contributed by atoms with Gasteiger partial charge in [0.05, 0.1) is 6.04 Å². The highest BCUT2D eigenvalue weighted by Crippen LogP contribution is 2.19. The van der Waals surface area contributed by atoms with Gasteiger partial charge in [-0.25, -0.2) is 4.79 Å². The van der Waals surface area contributed by atoms with Crippen LogP contribution in [0.2, 0.25) is 0 Å². The van der Waals surface area contributed by atoms with E-state index in [2.05, 4.69) is 5.32 Å². The van der Waals surface area contributed by atoms with Crippen LogP contribution in [0, 0.1) is 0 Å². The zero-order valence-electron chi connectivity index (χ0n) is 15.3. The second-order valence-corrected chi connectivity index (χ2v) is 6.43. The highest BCUT2D eigenvalue weighted by molar-refractivity contribution is 5.79. The fourth-order valence-corrected chi connectivity index (χ4v) is 2.89. The van der Waals surface area contributed by atoms with E-state index < -0.39 is 12.1 Å². The molecule has 0 radical (unpaired) electrons. The quantitative estimate of drug-likeness (QED) is 0.485. The highest BCUT2D eigenvalue weighted by Gasteiger charge is 2.30. The molecule has 7 heteroatoms. The van der Waals surface area contributed by atoms with Crippen molar-refractivity contribution in [3.8, 4) is 0 Å². The first-order valence-corrected chi connectivity index (χ1v) is 9.17. The molecule has 1 atom stereocenters. The number of alkyl carbamates (subject to hydrolysis) is 1. The van der Waals surface area contributed by atoms with Crippen molar-refractivity contribution in [1.82, 2.24) is 10.2 Å². The molecule has 146 valence electrons. The molecule has 7 nitrogen and oxygen atoms in total. The molecule has 1 aliphatic heterocycles. The number of hydrogen-bond acceptors (Lipinski definition) is 4. The first-order chi connectivity index (χ1) is 13.1. The lowest BCUT2D eigenvalue weighted by Gasteiger charge is -2.23. The number of amides is 2. The van der Waals surface area contributed by atoms with Gasteiger partial charge in [0, 0.05) is 25.9 Å². The minimum absolute atomic E-state index is 0.0449. The molecule has 0 bridgehead atoms. The number of unbranched alkanes of at least 4 members (excludes halogenated alkanes) is 1. The highest BCUT2D eigenvalue weighted by atomic mass is 16.5. The lowest BCUT2D eigenvalue weighted by molar-refractivity contribution is -0.137. The monoisotopic (exact) mass is 374 g/mol. The van der Waals surface area contributed by atoms with Gasteiger partial charge in [0.15, 0.2) is 0 Å². The van der Waals surface area contributed by atoms with E-state index in [0.29, 0.717) is 38.8 Å². The third-order valence-electron chi connectivity index (χ3n) is 4.37. The van der Waals surface area contributed by atoms with E-state index in [4.69, 9.17) is 9.84 Å². The maximum atomic E-state index is 12.0. The van der Waals surface area contributed by atoms with E-state index in [1.165, 1.54) is 0 Å². The van der Waals surface area contributed by atoms with Crippen LogP contribution < -0.4 is 5.32 Å². The Balaban J connectivity index is 1.69. The molecular weight excluding hydrogens is 348 g/mol. The van der Waals surface area contributed by atoms with Crippen molar-refractivity contribution in [3.05, 3.63) is 48.0 Å². The third kappa shape index (κ3) is 7.52. The number of hydrogen-bond donors (Lipinski definition) is 2. The predicted octanol–water partition coefficient (Wildman–Crippen LogP) is 2.71. The molecule has 1 unspecified atom stereocenters. The Labute approximate surface area is 159 Å². The molecule has 0 saturated carbocycles. The Morgan fingerprint density at radius 1 is 1.26 bits per heavy atom. The van der Waals surface area contributed by atoms with Crippen LogP contribution in [0.5, 0.6) is 0 Å². The van der Waals surface area contributed by atoms with Gasteiger partial charge < -0.3 is 20.1 Å². The lowest BCUT2D eigenvalue weighted by Crippen LogP contribution is -2.38. The van der Waals surface area contributed by atoms with E-state index >= 15 is 0 Å². The summed E-state index contributed by atoms with van der Waals surface area (Å²) in [6.45, 7) is 1.01. The number of nitrogens with one attached hydrogen (secondary N) is 1. The van der Waals surface area contributed by atoms with Gasteiger partial charge in [-0.15, -0.1) is 0 Å². The average molecular weight is 374 g/mol. The van der Waals surface area contributed by atoms with E-state index in [1.54, 1.807) is 4.90 Å². The van der Waals surface area contributed by atoms with Gasteiger partial charge in [0.1, 0.15) is 6.61 Å².